The van der Waals surface area contributed by atoms with Crippen LogP contribution in [0.3, 0.4) is 0 Å². The second-order valence-corrected chi connectivity index (χ2v) is 4.87. The minimum Gasteiger partial charge on any atom is -0.266 e. The molecule has 1 heterocycles. The van der Waals surface area contributed by atoms with Crippen LogP contribution >= 0.6 is 0 Å². The predicted octanol–water partition coefficient (Wildman–Crippen LogP) is 3.20. The highest BCUT2D eigenvalue weighted by Crippen LogP contribution is 2.26. The molecule has 3 nitrogen and oxygen atoms in total. The van der Waals surface area contributed by atoms with Gasteiger partial charge in [0.2, 0.25) is 0 Å². The molecule has 106 valence electrons. The predicted molar refractivity (Wildman–Crippen MR) is 60.4 cm³/mol. The summed E-state index contributed by atoms with van der Waals surface area (Å²) in [5.41, 5.74) is 0. The van der Waals surface area contributed by atoms with Crippen molar-refractivity contribution in [1.29, 1.82) is 0 Å². The van der Waals surface area contributed by atoms with Gasteiger partial charge in [-0.1, -0.05) is 19.8 Å². The van der Waals surface area contributed by atoms with E-state index in [1.54, 1.807) is 0 Å². The molecule has 0 unspecified atom stereocenters. The smallest absolute Gasteiger partial charge is 0.266 e. The van der Waals surface area contributed by atoms with Crippen LogP contribution in [-0.2, 0) is 9.63 Å². The first-order chi connectivity index (χ1) is 8.40. The van der Waals surface area contributed by atoms with Crippen LogP contribution in [0.1, 0.15) is 45.4 Å². The second kappa shape index (κ2) is 6.41. The summed E-state index contributed by atoms with van der Waals surface area (Å²) in [5.74, 6) is -2.06. The van der Waals surface area contributed by atoms with Crippen molar-refractivity contribution in [3.63, 3.8) is 0 Å². The van der Waals surface area contributed by atoms with E-state index in [4.69, 9.17) is 4.84 Å². The van der Waals surface area contributed by atoms with Crippen molar-refractivity contribution < 1.29 is 27.4 Å². The minimum atomic E-state index is -4.89. The Morgan fingerprint density at radius 1 is 1.17 bits per heavy atom. The largest absolute Gasteiger partial charge is 0.497 e. The van der Waals surface area contributed by atoms with Gasteiger partial charge in [0.05, 0.1) is 0 Å². The molecule has 0 aromatic carbocycles. The average Bonchev–Trinajstić information content (AvgIpc) is 2.72. The average molecular weight is 268 g/mol. The molecule has 0 amide bonds. The third kappa shape index (κ3) is 4.48. The summed E-state index contributed by atoms with van der Waals surface area (Å²) in [7, 11) is 0. The lowest BCUT2D eigenvalue weighted by Gasteiger charge is -2.30. The van der Waals surface area contributed by atoms with E-state index in [0.717, 1.165) is 38.5 Å². The Hall–Kier alpha value is -0.780. The van der Waals surface area contributed by atoms with Crippen molar-refractivity contribution in [3.8, 4) is 0 Å². The van der Waals surface area contributed by atoms with E-state index in [-0.39, 0.29) is 4.65 Å². The normalized spacial score (nSPS) is 18.9. The molecule has 1 aliphatic heterocycles. The summed E-state index contributed by atoms with van der Waals surface area (Å²) in [6.45, 7) is 3.59. The van der Waals surface area contributed by atoms with Gasteiger partial charge < -0.3 is 0 Å². The third-order valence-electron chi connectivity index (χ3n) is 3.31. The molecule has 1 saturated heterocycles. The van der Waals surface area contributed by atoms with Crippen molar-refractivity contribution in [3.05, 3.63) is 0 Å². The number of rotatable bonds is 6. The zero-order valence-corrected chi connectivity index (χ0v) is 10.8. The second-order valence-electron chi connectivity index (χ2n) is 4.87. The van der Waals surface area contributed by atoms with E-state index in [2.05, 4.69) is 6.92 Å². The molecule has 1 fully saturated rings. The fourth-order valence-corrected chi connectivity index (χ4v) is 2.33. The summed E-state index contributed by atoms with van der Waals surface area (Å²) in [4.78, 5) is 15.7. The summed E-state index contributed by atoms with van der Waals surface area (Å²) < 4.78 is 36.6. The Kier molecular flexibility index (Phi) is 5.44. The quantitative estimate of drug-likeness (QED) is 0.546. The summed E-state index contributed by atoms with van der Waals surface area (Å²) in [6, 6.07) is 0. The first-order valence-corrected chi connectivity index (χ1v) is 6.56. The number of hydroxylamine groups is 3. The van der Waals surface area contributed by atoms with Crippen molar-refractivity contribution in [1.82, 2.24) is 0 Å². The highest BCUT2D eigenvalue weighted by molar-refractivity contribution is 5.74. The summed E-state index contributed by atoms with van der Waals surface area (Å²) in [6.07, 6.45) is 0.656. The van der Waals surface area contributed by atoms with Crippen molar-refractivity contribution in [2.24, 2.45) is 0 Å². The molecule has 1 aliphatic rings. The van der Waals surface area contributed by atoms with Gasteiger partial charge in [0.1, 0.15) is 19.6 Å². The number of carbonyl (C=O) groups excluding carboxylic acids is 1. The molecule has 0 N–H and O–H groups in total. The van der Waals surface area contributed by atoms with Crippen molar-refractivity contribution >= 4 is 5.97 Å². The number of alkyl halides is 3. The molecule has 0 aliphatic carbocycles. The van der Waals surface area contributed by atoms with Gasteiger partial charge in [0.15, 0.2) is 0 Å². The van der Waals surface area contributed by atoms with Crippen LogP contribution in [0.25, 0.3) is 0 Å². The molecule has 6 heteroatoms. The molecule has 0 radical (unpaired) electrons. The maximum atomic E-state index is 12.2. The van der Waals surface area contributed by atoms with Crippen LogP contribution in [-0.4, -0.2) is 36.4 Å². The number of carbonyl (C=O) groups is 1. The van der Waals surface area contributed by atoms with Gasteiger partial charge in [-0.25, -0.2) is 4.79 Å². The molecule has 0 saturated carbocycles. The molecule has 0 aromatic heterocycles. The monoisotopic (exact) mass is 268 g/mol. The number of halogens is 3. The van der Waals surface area contributed by atoms with Gasteiger partial charge in [0, 0.05) is 19.3 Å². The summed E-state index contributed by atoms with van der Waals surface area (Å²) >= 11 is 0. The van der Waals surface area contributed by atoms with Crippen LogP contribution in [0, 0.1) is 0 Å². The van der Waals surface area contributed by atoms with E-state index in [1.807, 2.05) is 0 Å². The molecule has 0 aromatic rings. The van der Waals surface area contributed by atoms with Gasteiger partial charge in [0.25, 0.3) is 0 Å². The van der Waals surface area contributed by atoms with E-state index < -0.39 is 12.1 Å². The van der Waals surface area contributed by atoms with Crippen LogP contribution in [0.15, 0.2) is 0 Å². The molecule has 0 bridgehead atoms. The highest BCUT2D eigenvalue weighted by atomic mass is 19.4. The first kappa shape index (κ1) is 15.3. The zero-order valence-electron chi connectivity index (χ0n) is 10.8. The number of hydrogen-bond donors (Lipinski definition) is 0. The van der Waals surface area contributed by atoms with E-state index in [0.29, 0.717) is 19.6 Å². The lowest BCUT2D eigenvalue weighted by molar-refractivity contribution is -1.08. The van der Waals surface area contributed by atoms with Gasteiger partial charge >= 0.3 is 12.1 Å². The molecular formula is C12H21F3NO2+. The zero-order chi connectivity index (χ0) is 13.6. The molecule has 0 atom stereocenters. The van der Waals surface area contributed by atoms with Crippen molar-refractivity contribution in [2.75, 3.05) is 19.6 Å². The standard InChI is InChI=1S/C12H21F3NO2/c1-2-3-4-5-8-16(9-6-7-10-16)18-11(17)12(13,14)15/h2-10H2,1H3/q+1. The number of unbranched alkanes of at least 4 members (excludes halogenated alkanes) is 3. The fourth-order valence-electron chi connectivity index (χ4n) is 2.33. The maximum Gasteiger partial charge on any atom is 0.497 e. The third-order valence-corrected chi connectivity index (χ3v) is 3.31. The van der Waals surface area contributed by atoms with Gasteiger partial charge in [-0.05, 0) is 6.42 Å². The Labute approximate surface area is 105 Å². The molecule has 1 rings (SSSR count). The van der Waals surface area contributed by atoms with Crippen LogP contribution in [0.2, 0.25) is 0 Å². The van der Waals surface area contributed by atoms with Gasteiger partial charge in [-0.15, -0.1) is 4.65 Å². The molecular weight excluding hydrogens is 247 g/mol. The Balaban J connectivity index is 2.50. The van der Waals surface area contributed by atoms with E-state index in [1.165, 1.54) is 0 Å². The molecule has 0 spiro atoms. The van der Waals surface area contributed by atoms with Crippen LogP contribution in [0.5, 0.6) is 0 Å². The number of quaternary nitrogens is 1. The SMILES string of the molecule is CCCCCC[N+]1(OC(=O)C(F)(F)F)CCCC1. The Morgan fingerprint density at radius 3 is 2.28 bits per heavy atom. The highest BCUT2D eigenvalue weighted by Gasteiger charge is 2.48. The van der Waals surface area contributed by atoms with E-state index >= 15 is 0 Å². The first-order valence-electron chi connectivity index (χ1n) is 6.56. The topological polar surface area (TPSA) is 26.3 Å². The molecule has 18 heavy (non-hydrogen) atoms. The lowest BCUT2D eigenvalue weighted by atomic mass is 10.2. The summed E-state index contributed by atoms with van der Waals surface area (Å²) in [5, 5.41) is 0. The maximum absolute atomic E-state index is 12.2. The van der Waals surface area contributed by atoms with Gasteiger partial charge in [-0.2, -0.15) is 13.2 Å². The Bertz CT molecular complexity index is 273. The lowest BCUT2D eigenvalue weighted by Crippen LogP contribution is -2.50. The van der Waals surface area contributed by atoms with Crippen LogP contribution < -0.4 is 0 Å². The van der Waals surface area contributed by atoms with Gasteiger partial charge in [-0.3, -0.25) is 4.84 Å². The number of nitrogens with zero attached hydrogens (tertiary/aromatic N) is 1. The minimum absolute atomic E-state index is 0.137. The fraction of sp³-hybridized carbons (Fsp3) is 0.917. The number of hydrogen-bond acceptors (Lipinski definition) is 2. The number of likely N-dealkylation sites (tertiary alicyclic amines) is 1. The van der Waals surface area contributed by atoms with Crippen LogP contribution in [0.4, 0.5) is 13.2 Å². The van der Waals surface area contributed by atoms with Crippen molar-refractivity contribution in [2.45, 2.75) is 51.6 Å². The Morgan fingerprint density at radius 2 is 1.78 bits per heavy atom. The van der Waals surface area contributed by atoms with E-state index in [9.17, 15) is 18.0 Å².